The Labute approximate surface area is 187 Å². The first-order valence-electron chi connectivity index (χ1n) is 10.6. The molecule has 0 saturated carbocycles. The van der Waals surface area contributed by atoms with Crippen molar-refractivity contribution in [1.82, 2.24) is 9.55 Å². The Balaban J connectivity index is 1.79. The molecule has 1 saturated heterocycles. The Hall–Kier alpha value is -2.91. The minimum absolute atomic E-state index is 0.0901. The highest BCUT2D eigenvalue weighted by molar-refractivity contribution is 7.90. The highest BCUT2D eigenvalue weighted by Crippen LogP contribution is 2.28. The number of sulfone groups is 1. The van der Waals surface area contributed by atoms with Gasteiger partial charge in [-0.3, -0.25) is 9.36 Å². The number of ether oxygens (including phenoxy) is 1. The predicted octanol–water partition coefficient (Wildman–Crippen LogP) is 2.66. The molecule has 0 aliphatic carbocycles. The van der Waals surface area contributed by atoms with Gasteiger partial charge in [0.25, 0.3) is 5.56 Å². The zero-order valence-corrected chi connectivity index (χ0v) is 19.6. The third-order valence-electron chi connectivity index (χ3n) is 5.74. The largest absolute Gasteiger partial charge is 0.378 e. The van der Waals surface area contributed by atoms with Crippen LogP contribution < -0.4 is 15.8 Å². The number of benzene rings is 2. The second kappa shape index (κ2) is 8.55. The maximum atomic E-state index is 13.2. The summed E-state index contributed by atoms with van der Waals surface area (Å²) < 4.78 is 30.9. The summed E-state index contributed by atoms with van der Waals surface area (Å²) in [5.74, 6) is 0.627. The van der Waals surface area contributed by atoms with E-state index < -0.39 is 9.84 Å². The van der Waals surface area contributed by atoms with Crippen LogP contribution in [0.4, 0.5) is 11.6 Å². The lowest BCUT2D eigenvalue weighted by Crippen LogP contribution is -2.40. The summed E-state index contributed by atoms with van der Waals surface area (Å²) in [7, 11) is -1.56. The third kappa shape index (κ3) is 4.35. The fourth-order valence-corrected chi connectivity index (χ4v) is 4.73. The zero-order chi connectivity index (χ0) is 23.0. The summed E-state index contributed by atoms with van der Waals surface area (Å²) >= 11 is 0. The van der Waals surface area contributed by atoms with Crippen molar-refractivity contribution in [2.75, 3.05) is 42.8 Å². The first-order valence-corrected chi connectivity index (χ1v) is 12.4. The van der Waals surface area contributed by atoms with Crippen LogP contribution >= 0.6 is 0 Å². The van der Waals surface area contributed by atoms with Crippen molar-refractivity contribution >= 4 is 32.4 Å². The average molecular weight is 457 g/mol. The summed E-state index contributed by atoms with van der Waals surface area (Å²) in [6, 6.07) is 10.4. The predicted molar refractivity (Wildman–Crippen MR) is 126 cm³/mol. The van der Waals surface area contributed by atoms with Gasteiger partial charge in [0.15, 0.2) is 9.84 Å². The van der Waals surface area contributed by atoms with E-state index in [1.54, 1.807) is 29.8 Å². The molecule has 1 aliphatic heterocycles. The first-order chi connectivity index (χ1) is 15.1. The first kappa shape index (κ1) is 22.3. The van der Waals surface area contributed by atoms with Gasteiger partial charge in [0.1, 0.15) is 0 Å². The van der Waals surface area contributed by atoms with Gasteiger partial charge in [-0.2, -0.15) is 0 Å². The number of hydrogen-bond donors (Lipinski definition) is 1. The number of nitrogens with zero attached hydrogens (tertiary/aromatic N) is 3. The van der Waals surface area contributed by atoms with Crippen molar-refractivity contribution in [1.29, 1.82) is 0 Å². The molecule has 9 heteroatoms. The molecule has 170 valence electrons. The van der Waals surface area contributed by atoms with E-state index in [4.69, 9.17) is 9.72 Å². The van der Waals surface area contributed by atoms with Crippen LogP contribution in [0.1, 0.15) is 24.1 Å². The molecule has 2 aromatic carbocycles. The number of nitrogens with one attached hydrogen (secondary N) is 1. The second-order valence-electron chi connectivity index (χ2n) is 8.29. The lowest BCUT2D eigenvalue weighted by molar-refractivity contribution is 0.121. The lowest BCUT2D eigenvalue weighted by atomic mass is 10.0. The maximum absolute atomic E-state index is 13.2. The van der Waals surface area contributed by atoms with Crippen molar-refractivity contribution in [3.05, 3.63) is 57.9 Å². The number of rotatable bonds is 5. The smallest absolute Gasteiger partial charge is 0.262 e. The van der Waals surface area contributed by atoms with E-state index in [0.717, 1.165) is 11.1 Å². The molecule has 8 nitrogen and oxygen atoms in total. The second-order valence-corrected chi connectivity index (χ2v) is 10.3. The highest BCUT2D eigenvalue weighted by atomic mass is 32.2. The minimum Gasteiger partial charge on any atom is -0.378 e. The van der Waals surface area contributed by atoms with Gasteiger partial charge in [0, 0.05) is 37.6 Å². The number of aromatic nitrogens is 2. The van der Waals surface area contributed by atoms with E-state index in [0.29, 0.717) is 48.8 Å². The van der Waals surface area contributed by atoms with Gasteiger partial charge in [0.05, 0.1) is 35.1 Å². The van der Waals surface area contributed by atoms with Gasteiger partial charge in [-0.25, -0.2) is 13.4 Å². The van der Waals surface area contributed by atoms with Crippen molar-refractivity contribution in [2.24, 2.45) is 7.05 Å². The van der Waals surface area contributed by atoms with Crippen LogP contribution in [0.2, 0.25) is 0 Å². The fraction of sp³-hybridized carbons (Fsp3) is 0.391. The van der Waals surface area contributed by atoms with E-state index >= 15 is 0 Å². The molecule has 1 atom stereocenters. The summed E-state index contributed by atoms with van der Waals surface area (Å²) in [6.45, 7) is 6.49. The SMILES string of the molecule is Cc1cc(C(C)Nc2cccc(S(C)(=O)=O)c2)c2nc(N3CCOCC3)n(C)c(=O)c2c1. The van der Waals surface area contributed by atoms with Gasteiger partial charge in [-0.1, -0.05) is 12.1 Å². The summed E-state index contributed by atoms with van der Waals surface area (Å²) in [4.78, 5) is 20.5. The van der Waals surface area contributed by atoms with Crippen LogP contribution in [-0.2, 0) is 21.6 Å². The third-order valence-corrected chi connectivity index (χ3v) is 6.85. The van der Waals surface area contributed by atoms with E-state index in [1.165, 1.54) is 6.26 Å². The quantitative estimate of drug-likeness (QED) is 0.631. The van der Waals surface area contributed by atoms with Gasteiger partial charge in [-0.15, -0.1) is 0 Å². The van der Waals surface area contributed by atoms with Crippen LogP contribution in [0.15, 0.2) is 46.1 Å². The van der Waals surface area contributed by atoms with E-state index in [-0.39, 0.29) is 16.5 Å². The van der Waals surface area contributed by atoms with Gasteiger partial charge in [-0.05, 0) is 43.7 Å². The maximum Gasteiger partial charge on any atom is 0.262 e. The Morgan fingerprint density at radius 3 is 2.56 bits per heavy atom. The number of anilines is 2. The molecule has 2 heterocycles. The Kier molecular flexibility index (Phi) is 5.96. The van der Waals surface area contributed by atoms with Crippen molar-refractivity contribution in [2.45, 2.75) is 24.8 Å². The summed E-state index contributed by atoms with van der Waals surface area (Å²) in [6.07, 6.45) is 1.19. The molecule has 1 aliphatic rings. The highest BCUT2D eigenvalue weighted by Gasteiger charge is 2.21. The van der Waals surface area contributed by atoms with Crippen LogP contribution in [0.5, 0.6) is 0 Å². The lowest BCUT2D eigenvalue weighted by Gasteiger charge is -2.29. The number of aryl methyl sites for hydroxylation is 1. The standard InChI is InChI=1S/C23H28N4O4S/c1-15-12-19(16(2)24-17-6-5-7-18(14-17)32(4,29)30)21-20(13-15)22(28)26(3)23(25-21)27-8-10-31-11-9-27/h5-7,12-14,16,24H,8-11H2,1-4H3. The molecule has 1 unspecified atom stereocenters. The molecular formula is C23H28N4O4S. The Morgan fingerprint density at radius 1 is 1.16 bits per heavy atom. The van der Waals surface area contributed by atoms with Crippen molar-refractivity contribution in [3.8, 4) is 0 Å². The topological polar surface area (TPSA) is 93.5 Å². The average Bonchev–Trinajstić information content (AvgIpc) is 2.76. The van der Waals surface area contributed by atoms with Gasteiger partial charge >= 0.3 is 0 Å². The van der Waals surface area contributed by atoms with Gasteiger partial charge in [0.2, 0.25) is 5.95 Å². The number of morpholine rings is 1. The Morgan fingerprint density at radius 2 is 1.88 bits per heavy atom. The molecule has 4 rings (SSSR count). The van der Waals surface area contributed by atoms with E-state index in [9.17, 15) is 13.2 Å². The summed E-state index contributed by atoms with van der Waals surface area (Å²) in [5, 5.41) is 3.94. The molecular weight excluding hydrogens is 428 g/mol. The van der Waals surface area contributed by atoms with Crippen LogP contribution in [0.25, 0.3) is 10.9 Å². The van der Waals surface area contributed by atoms with Crippen molar-refractivity contribution in [3.63, 3.8) is 0 Å². The summed E-state index contributed by atoms with van der Waals surface area (Å²) in [5.41, 5.74) is 3.10. The van der Waals surface area contributed by atoms with E-state index in [1.807, 2.05) is 32.0 Å². The minimum atomic E-state index is -3.31. The molecule has 0 bridgehead atoms. The van der Waals surface area contributed by atoms with Crippen molar-refractivity contribution < 1.29 is 13.2 Å². The number of hydrogen-bond acceptors (Lipinski definition) is 7. The molecule has 0 amide bonds. The van der Waals surface area contributed by atoms with Crippen LogP contribution in [0.3, 0.4) is 0 Å². The zero-order valence-electron chi connectivity index (χ0n) is 18.8. The molecule has 1 fully saturated rings. The fourth-order valence-electron chi connectivity index (χ4n) is 4.06. The molecule has 0 radical (unpaired) electrons. The molecule has 0 spiro atoms. The molecule has 1 aromatic heterocycles. The molecule has 32 heavy (non-hydrogen) atoms. The molecule has 3 aromatic rings. The molecule has 1 N–H and O–H groups in total. The van der Waals surface area contributed by atoms with E-state index in [2.05, 4.69) is 10.2 Å². The monoisotopic (exact) mass is 456 g/mol. The van der Waals surface area contributed by atoms with Crippen LogP contribution in [-0.4, -0.2) is 50.5 Å². The number of fused-ring (bicyclic) bond motifs is 1. The van der Waals surface area contributed by atoms with Crippen LogP contribution in [0, 0.1) is 6.92 Å². The van der Waals surface area contributed by atoms with Gasteiger partial charge < -0.3 is 15.0 Å². The Bertz CT molecular complexity index is 1330. The normalized spacial score (nSPS) is 15.7.